The van der Waals surface area contributed by atoms with Crippen molar-refractivity contribution in [2.75, 3.05) is 31.8 Å². The summed E-state index contributed by atoms with van der Waals surface area (Å²) in [5.74, 6) is 2.98. The van der Waals surface area contributed by atoms with Crippen LogP contribution in [0.15, 0.2) is 48.5 Å². The van der Waals surface area contributed by atoms with E-state index in [0.717, 1.165) is 35.0 Å². The molecular weight excluding hydrogens is 392 g/mol. The van der Waals surface area contributed by atoms with E-state index in [-0.39, 0.29) is 0 Å². The van der Waals surface area contributed by atoms with Gasteiger partial charge in [0, 0.05) is 12.1 Å². The number of nitrogen functional groups attached to an aromatic ring is 1. The number of rotatable bonds is 7. The molecular formula is C23H26N6O2. The minimum absolute atomic E-state index is 0.450. The van der Waals surface area contributed by atoms with E-state index in [2.05, 4.69) is 29.2 Å². The SMILES string of the molecule is COc1ccc(-c2nc(NCC(C)C)nc3nn(-c4ccc(OC)cc4)c(N)c23)cc1. The van der Waals surface area contributed by atoms with E-state index in [9.17, 15) is 0 Å². The summed E-state index contributed by atoms with van der Waals surface area (Å²) in [6.45, 7) is 5.01. The number of nitrogens with zero attached hydrogens (tertiary/aromatic N) is 4. The first-order valence-electron chi connectivity index (χ1n) is 10.1. The average molecular weight is 419 g/mol. The summed E-state index contributed by atoms with van der Waals surface area (Å²) in [5, 5.41) is 8.68. The third kappa shape index (κ3) is 4.09. The fourth-order valence-electron chi connectivity index (χ4n) is 3.26. The van der Waals surface area contributed by atoms with Crippen molar-refractivity contribution in [1.82, 2.24) is 19.7 Å². The largest absolute Gasteiger partial charge is 0.497 e. The molecule has 0 radical (unpaired) electrons. The van der Waals surface area contributed by atoms with Crippen LogP contribution in [-0.2, 0) is 0 Å². The van der Waals surface area contributed by atoms with Crippen LogP contribution >= 0.6 is 0 Å². The van der Waals surface area contributed by atoms with Gasteiger partial charge in [-0.15, -0.1) is 5.10 Å². The monoisotopic (exact) mass is 418 g/mol. The van der Waals surface area contributed by atoms with Gasteiger partial charge in [0.15, 0.2) is 5.65 Å². The minimum atomic E-state index is 0.450. The van der Waals surface area contributed by atoms with Gasteiger partial charge in [0.2, 0.25) is 5.95 Å². The van der Waals surface area contributed by atoms with Crippen LogP contribution in [-0.4, -0.2) is 40.5 Å². The molecule has 0 aliphatic rings. The lowest BCUT2D eigenvalue weighted by Crippen LogP contribution is -2.11. The van der Waals surface area contributed by atoms with Gasteiger partial charge in [-0.3, -0.25) is 0 Å². The molecule has 0 bridgehead atoms. The molecule has 0 amide bonds. The molecule has 8 nitrogen and oxygen atoms in total. The van der Waals surface area contributed by atoms with Crippen molar-refractivity contribution in [1.29, 1.82) is 0 Å². The number of fused-ring (bicyclic) bond motifs is 1. The summed E-state index contributed by atoms with van der Waals surface area (Å²) >= 11 is 0. The van der Waals surface area contributed by atoms with Crippen LogP contribution in [0.25, 0.3) is 28.0 Å². The molecule has 0 spiro atoms. The molecule has 2 aromatic carbocycles. The Bertz CT molecular complexity index is 1180. The van der Waals surface area contributed by atoms with Gasteiger partial charge in [0.05, 0.1) is 31.0 Å². The van der Waals surface area contributed by atoms with Crippen molar-refractivity contribution < 1.29 is 9.47 Å². The zero-order valence-corrected chi connectivity index (χ0v) is 18.1. The summed E-state index contributed by atoms with van der Waals surface area (Å²) in [6.07, 6.45) is 0. The normalized spacial score (nSPS) is 11.1. The molecule has 0 aliphatic carbocycles. The first-order chi connectivity index (χ1) is 15.0. The van der Waals surface area contributed by atoms with Gasteiger partial charge in [-0.1, -0.05) is 13.8 Å². The zero-order valence-electron chi connectivity index (χ0n) is 18.1. The highest BCUT2D eigenvalue weighted by Gasteiger charge is 2.19. The first kappa shape index (κ1) is 20.5. The maximum absolute atomic E-state index is 6.55. The van der Waals surface area contributed by atoms with Crippen LogP contribution < -0.4 is 20.5 Å². The maximum atomic E-state index is 6.55. The van der Waals surface area contributed by atoms with E-state index in [4.69, 9.17) is 20.2 Å². The Balaban J connectivity index is 1.88. The Morgan fingerprint density at radius 3 is 2.13 bits per heavy atom. The molecule has 0 unspecified atom stereocenters. The van der Waals surface area contributed by atoms with Crippen molar-refractivity contribution in [3.8, 4) is 28.4 Å². The van der Waals surface area contributed by atoms with Crippen molar-refractivity contribution in [2.24, 2.45) is 5.92 Å². The van der Waals surface area contributed by atoms with Crippen LogP contribution in [0.5, 0.6) is 11.5 Å². The van der Waals surface area contributed by atoms with E-state index in [1.54, 1.807) is 18.9 Å². The third-order valence-electron chi connectivity index (χ3n) is 4.92. The molecule has 0 saturated carbocycles. The van der Waals surface area contributed by atoms with Gasteiger partial charge < -0.3 is 20.5 Å². The second-order valence-corrected chi connectivity index (χ2v) is 7.59. The number of nitrogens with two attached hydrogens (primary N) is 1. The molecule has 0 aliphatic heterocycles. The van der Waals surface area contributed by atoms with Crippen LogP contribution in [0.4, 0.5) is 11.8 Å². The Morgan fingerprint density at radius 1 is 0.935 bits per heavy atom. The van der Waals surface area contributed by atoms with Gasteiger partial charge in [0.1, 0.15) is 17.3 Å². The second kappa shape index (κ2) is 8.51. The summed E-state index contributed by atoms with van der Waals surface area (Å²) in [7, 11) is 3.27. The van der Waals surface area contributed by atoms with Crippen LogP contribution in [0, 0.1) is 5.92 Å². The molecule has 31 heavy (non-hydrogen) atoms. The lowest BCUT2D eigenvalue weighted by atomic mass is 10.1. The highest BCUT2D eigenvalue weighted by molar-refractivity contribution is 5.99. The highest BCUT2D eigenvalue weighted by atomic mass is 16.5. The number of nitrogens with one attached hydrogen (secondary N) is 1. The fraction of sp³-hybridized carbons (Fsp3) is 0.261. The minimum Gasteiger partial charge on any atom is -0.497 e. The van der Waals surface area contributed by atoms with E-state index in [1.165, 1.54) is 0 Å². The topological polar surface area (TPSA) is 100 Å². The van der Waals surface area contributed by atoms with E-state index in [0.29, 0.717) is 28.7 Å². The molecule has 0 fully saturated rings. The van der Waals surface area contributed by atoms with Crippen LogP contribution in [0.3, 0.4) is 0 Å². The number of hydrogen-bond donors (Lipinski definition) is 2. The summed E-state index contributed by atoms with van der Waals surface area (Å²) in [5.41, 5.74) is 9.52. The molecule has 2 aromatic heterocycles. The molecule has 0 saturated heterocycles. The number of hydrogen-bond acceptors (Lipinski definition) is 7. The molecule has 4 rings (SSSR count). The van der Waals surface area contributed by atoms with Crippen molar-refractivity contribution in [2.45, 2.75) is 13.8 Å². The Morgan fingerprint density at radius 2 is 1.55 bits per heavy atom. The zero-order chi connectivity index (χ0) is 22.0. The van der Waals surface area contributed by atoms with Crippen molar-refractivity contribution in [3.63, 3.8) is 0 Å². The summed E-state index contributed by atoms with van der Waals surface area (Å²) in [4.78, 5) is 9.40. The maximum Gasteiger partial charge on any atom is 0.225 e. The lowest BCUT2D eigenvalue weighted by Gasteiger charge is -2.10. The van der Waals surface area contributed by atoms with E-state index >= 15 is 0 Å². The Labute approximate surface area is 181 Å². The number of benzene rings is 2. The molecule has 2 heterocycles. The van der Waals surface area contributed by atoms with Crippen molar-refractivity contribution >= 4 is 22.8 Å². The molecule has 4 aromatic rings. The van der Waals surface area contributed by atoms with Gasteiger partial charge in [-0.05, 0) is 54.4 Å². The van der Waals surface area contributed by atoms with Crippen LogP contribution in [0.1, 0.15) is 13.8 Å². The number of anilines is 2. The molecule has 8 heteroatoms. The average Bonchev–Trinajstić information content (AvgIpc) is 3.13. The highest BCUT2D eigenvalue weighted by Crippen LogP contribution is 2.33. The standard InChI is InChI=1S/C23H26N6O2/c1-14(2)13-25-23-26-20(15-5-9-17(30-3)10-6-15)19-21(24)29(28-22(19)27-23)16-7-11-18(31-4)12-8-16/h5-12,14H,13,24H2,1-4H3,(H,25,27,28). The fourth-order valence-corrected chi connectivity index (χ4v) is 3.26. The Kier molecular flexibility index (Phi) is 5.62. The van der Waals surface area contributed by atoms with Gasteiger partial charge in [0.25, 0.3) is 0 Å². The molecule has 0 atom stereocenters. The molecule has 160 valence electrons. The first-order valence-corrected chi connectivity index (χ1v) is 10.1. The van der Waals surface area contributed by atoms with Gasteiger partial charge in [-0.2, -0.15) is 4.98 Å². The van der Waals surface area contributed by atoms with Crippen LogP contribution in [0.2, 0.25) is 0 Å². The lowest BCUT2D eigenvalue weighted by molar-refractivity contribution is 0.414. The van der Waals surface area contributed by atoms with Gasteiger partial charge in [-0.25, -0.2) is 9.67 Å². The predicted molar refractivity (Wildman–Crippen MR) is 123 cm³/mol. The predicted octanol–water partition coefficient (Wildman–Crippen LogP) is 4.15. The number of methoxy groups -OCH3 is 2. The van der Waals surface area contributed by atoms with Gasteiger partial charge >= 0.3 is 0 Å². The summed E-state index contributed by atoms with van der Waals surface area (Å²) < 4.78 is 12.2. The quantitative estimate of drug-likeness (QED) is 0.465. The second-order valence-electron chi connectivity index (χ2n) is 7.59. The van der Waals surface area contributed by atoms with E-state index in [1.807, 2.05) is 48.5 Å². The van der Waals surface area contributed by atoms with Crippen molar-refractivity contribution in [3.05, 3.63) is 48.5 Å². The number of aromatic nitrogens is 4. The smallest absolute Gasteiger partial charge is 0.225 e. The third-order valence-corrected chi connectivity index (χ3v) is 4.92. The molecule has 3 N–H and O–H groups in total. The van der Waals surface area contributed by atoms with E-state index < -0.39 is 0 Å². The number of ether oxygens (including phenoxy) is 2. The Hall–Kier alpha value is -3.81. The summed E-state index contributed by atoms with van der Waals surface area (Å²) in [6, 6.07) is 15.2.